The van der Waals surface area contributed by atoms with Gasteiger partial charge in [0.05, 0.1) is 6.10 Å². The van der Waals surface area contributed by atoms with Crippen LogP contribution < -0.4 is 5.32 Å². The summed E-state index contributed by atoms with van der Waals surface area (Å²) >= 11 is 0. The van der Waals surface area contributed by atoms with Gasteiger partial charge in [-0.15, -0.1) is 0 Å². The molecule has 1 saturated carbocycles. The summed E-state index contributed by atoms with van der Waals surface area (Å²) in [4.78, 5) is 0. The number of hydrogen-bond acceptors (Lipinski definition) is 2. The lowest BCUT2D eigenvalue weighted by Crippen LogP contribution is -2.22. The predicted molar refractivity (Wildman–Crippen MR) is 61.6 cm³/mol. The molecule has 1 aromatic carbocycles. The zero-order chi connectivity index (χ0) is 11.4. The first-order valence-corrected chi connectivity index (χ1v) is 5.90. The van der Waals surface area contributed by atoms with Crippen LogP contribution in [0.25, 0.3) is 0 Å². The number of benzene rings is 1. The number of aliphatic hydroxyl groups is 1. The van der Waals surface area contributed by atoms with Gasteiger partial charge in [-0.3, -0.25) is 0 Å². The van der Waals surface area contributed by atoms with Crippen LogP contribution in [-0.4, -0.2) is 18.2 Å². The molecule has 0 aromatic heterocycles. The molecule has 0 heterocycles. The summed E-state index contributed by atoms with van der Waals surface area (Å²) in [6.45, 7) is 1.50. The third-order valence-electron chi connectivity index (χ3n) is 3.02. The number of hydrogen-bond donors (Lipinski definition) is 2. The van der Waals surface area contributed by atoms with Crippen LogP contribution >= 0.6 is 0 Å². The zero-order valence-electron chi connectivity index (χ0n) is 9.32. The molecule has 3 heteroatoms. The van der Waals surface area contributed by atoms with Crippen molar-refractivity contribution in [1.82, 2.24) is 5.32 Å². The summed E-state index contributed by atoms with van der Waals surface area (Å²) in [5, 5.41) is 13.0. The monoisotopic (exact) mass is 223 g/mol. The Labute approximate surface area is 95.5 Å². The molecule has 0 amide bonds. The van der Waals surface area contributed by atoms with E-state index in [-0.39, 0.29) is 5.82 Å². The van der Waals surface area contributed by atoms with Crippen molar-refractivity contribution in [1.29, 1.82) is 0 Å². The molecule has 1 unspecified atom stereocenters. The van der Waals surface area contributed by atoms with E-state index in [9.17, 15) is 9.50 Å². The maximum absolute atomic E-state index is 12.7. The largest absolute Gasteiger partial charge is 0.387 e. The molecule has 1 fully saturated rings. The van der Waals surface area contributed by atoms with E-state index in [4.69, 9.17) is 0 Å². The molecular formula is C13H18FNO. The van der Waals surface area contributed by atoms with Gasteiger partial charge in [0.25, 0.3) is 0 Å². The highest BCUT2D eigenvalue weighted by Crippen LogP contribution is 2.31. The first kappa shape index (κ1) is 11.6. The maximum Gasteiger partial charge on any atom is 0.123 e. The minimum Gasteiger partial charge on any atom is -0.387 e. The van der Waals surface area contributed by atoms with Crippen molar-refractivity contribution in [2.24, 2.45) is 5.92 Å². The van der Waals surface area contributed by atoms with Crippen LogP contribution in [0.2, 0.25) is 0 Å². The van der Waals surface area contributed by atoms with Crippen LogP contribution in [0, 0.1) is 11.7 Å². The van der Waals surface area contributed by atoms with Crippen molar-refractivity contribution < 1.29 is 9.50 Å². The lowest BCUT2D eigenvalue weighted by molar-refractivity contribution is 0.174. The molecule has 0 aliphatic heterocycles. The first-order chi connectivity index (χ1) is 7.75. The predicted octanol–water partition coefficient (Wildman–Crippen LogP) is 2.25. The van der Waals surface area contributed by atoms with Crippen LogP contribution in [0.4, 0.5) is 4.39 Å². The van der Waals surface area contributed by atoms with E-state index in [0.29, 0.717) is 6.54 Å². The standard InChI is InChI=1S/C13H18FNO/c14-12-5-3-11(4-6-12)13(16)9-15-8-7-10-1-2-10/h3-6,10,13,15-16H,1-2,7-9H2. The van der Waals surface area contributed by atoms with Gasteiger partial charge in [-0.1, -0.05) is 25.0 Å². The fourth-order valence-electron chi connectivity index (χ4n) is 1.75. The van der Waals surface area contributed by atoms with Crippen LogP contribution in [0.3, 0.4) is 0 Å². The van der Waals surface area contributed by atoms with Crippen LogP contribution in [-0.2, 0) is 0 Å². The molecule has 1 aromatic rings. The smallest absolute Gasteiger partial charge is 0.123 e. The van der Waals surface area contributed by atoms with E-state index in [2.05, 4.69) is 5.32 Å². The van der Waals surface area contributed by atoms with Gasteiger partial charge >= 0.3 is 0 Å². The van der Waals surface area contributed by atoms with Crippen molar-refractivity contribution in [3.05, 3.63) is 35.6 Å². The highest BCUT2D eigenvalue weighted by Gasteiger charge is 2.20. The van der Waals surface area contributed by atoms with E-state index in [0.717, 1.165) is 18.0 Å². The van der Waals surface area contributed by atoms with Gasteiger partial charge in [0.1, 0.15) is 5.82 Å². The minimum atomic E-state index is -0.542. The number of aliphatic hydroxyl groups excluding tert-OH is 1. The van der Waals surface area contributed by atoms with Crippen molar-refractivity contribution in [2.45, 2.75) is 25.4 Å². The SMILES string of the molecule is OC(CNCCC1CC1)c1ccc(F)cc1. The Bertz CT molecular complexity index is 321. The normalized spacial score (nSPS) is 17.4. The summed E-state index contributed by atoms with van der Waals surface area (Å²) in [6, 6.07) is 6.01. The van der Waals surface area contributed by atoms with Crippen molar-refractivity contribution >= 4 is 0 Å². The molecule has 2 N–H and O–H groups in total. The van der Waals surface area contributed by atoms with Crippen molar-refractivity contribution in [2.75, 3.05) is 13.1 Å². The number of halogens is 1. The van der Waals surface area contributed by atoms with Crippen LogP contribution in [0.1, 0.15) is 30.9 Å². The number of nitrogens with one attached hydrogen (secondary N) is 1. The van der Waals surface area contributed by atoms with Crippen LogP contribution in [0.15, 0.2) is 24.3 Å². The molecule has 2 rings (SSSR count). The fourth-order valence-corrected chi connectivity index (χ4v) is 1.75. The lowest BCUT2D eigenvalue weighted by atomic mass is 10.1. The first-order valence-electron chi connectivity index (χ1n) is 5.90. The Morgan fingerprint density at radius 3 is 2.62 bits per heavy atom. The zero-order valence-corrected chi connectivity index (χ0v) is 9.32. The highest BCUT2D eigenvalue weighted by molar-refractivity contribution is 5.18. The third kappa shape index (κ3) is 3.58. The molecule has 0 bridgehead atoms. The molecule has 0 spiro atoms. The molecule has 1 aliphatic carbocycles. The molecule has 0 radical (unpaired) electrons. The third-order valence-corrected chi connectivity index (χ3v) is 3.02. The Hall–Kier alpha value is -0.930. The molecule has 88 valence electrons. The topological polar surface area (TPSA) is 32.3 Å². The Balaban J connectivity index is 1.69. The average molecular weight is 223 g/mol. The lowest BCUT2D eigenvalue weighted by Gasteiger charge is -2.11. The van der Waals surface area contributed by atoms with E-state index in [1.165, 1.54) is 31.4 Å². The quantitative estimate of drug-likeness (QED) is 0.725. The van der Waals surface area contributed by atoms with Gasteiger partial charge in [0.2, 0.25) is 0 Å². The van der Waals surface area contributed by atoms with Gasteiger partial charge in [0.15, 0.2) is 0 Å². The summed E-state index contributed by atoms with van der Waals surface area (Å²) < 4.78 is 12.7. The van der Waals surface area contributed by atoms with Crippen molar-refractivity contribution in [3.8, 4) is 0 Å². The van der Waals surface area contributed by atoms with Gasteiger partial charge in [0, 0.05) is 6.54 Å². The average Bonchev–Trinajstić information content (AvgIpc) is 3.09. The fraction of sp³-hybridized carbons (Fsp3) is 0.538. The molecule has 2 nitrogen and oxygen atoms in total. The molecule has 1 atom stereocenters. The molecular weight excluding hydrogens is 205 g/mol. The summed E-state index contributed by atoms with van der Waals surface area (Å²) in [5.74, 6) is 0.646. The van der Waals surface area contributed by atoms with Crippen LogP contribution in [0.5, 0.6) is 0 Å². The van der Waals surface area contributed by atoms with Gasteiger partial charge in [-0.05, 0) is 36.6 Å². The van der Waals surface area contributed by atoms with Gasteiger partial charge in [-0.2, -0.15) is 0 Å². The second-order valence-corrected chi connectivity index (χ2v) is 4.50. The van der Waals surface area contributed by atoms with Crippen molar-refractivity contribution in [3.63, 3.8) is 0 Å². The second kappa shape index (κ2) is 5.41. The van der Waals surface area contributed by atoms with E-state index >= 15 is 0 Å². The summed E-state index contributed by atoms with van der Waals surface area (Å²) in [6.07, 6.45) is 3.39. The molecule has 0 saturated heterocycles. The Morgan fingerprint density at radius 1 is 1.31 bits per heavy atom. The maximum atomic E-state index is 12.7. The highest BCUT2D eigenvalue weighted by atomic mass is 19.1. The van der Waals surface area contributed by atoms with E-state index < -0.39 is 6.10 Å². The Morgan fingerprint density at radius 2 is 2.00 bits per heavy atom. The number of rotatable bonds is 6. The van der Waals surface area contributed by atoms with Gasteiger partial charge in [-0.25, -0.2) is 4.39 Å². The summed E-state index contributed by atoms with van der Waals surface area (Å²) in [7, 11) is 0. The second-order valence-electron chi connectivity index (χ2n) is 4.50. The summed E-state index contributed by atoms with van der Waals surface area (Å²) in [5.41, 5.74) is 0.764. The van der Waals surface area contributed by atoms with Gasteiger partial charge < -0.3 is 10.4 Å². The van der Waals surface area contributed by atoms with E-state index in [1.807, 2.05) is 0 Å². The minimum absolute atomic E-state index is 0.266. The van der Waals surface area contributed by atoms with E-state index in [1.54, 1.807) is 12.1 Å². The molecule has 16 heavy (non-hydrogen) atoms. The molecule has 1 aliphatic rings. The Kier molecular flexibility index (Phi) is 3.91.